The molecule has 0 bridgehead atoms. The number of ether oxygens (including phenoxy) is 1. The summed E-state index contributed by atoms with van der Waals surface area (Å²) in [7, 11) is 0. The molecule has 3 N–H and O–H groups in total. The van der Waals surface area contributed by atoms with Crippen LogP contribution in [0.3, 0.4) is 0 Å². The Morgan fingerprint density at radius 3 is 2.53 bits per heavy atom. The van der Waals surface area contributed by atoms with Crippen LogP contribution in [0.4, 0.5) is 0 Å². The van der Waals surface area contributed by atoms with Gasteiger partial charge in [-0.3, -0.25) is 9.69 Å². The summed E-state index contributed by atoms with van der Waals surface area (Å²) >= 11 is 0. The van der Waals surface area contributed by atoms with Crippen LogP contribution < -0.4 is 11.1 Å². The number of nitrogens with zero attached hydrogens (tertiary/aromatic N) is 1. The number of amides is 1. The molecule has 0 aromatic carbocycles. The van der Waals surface area contributed by atoms with E-state index in [4.69, 9.17) is 10.5 Å². The summed E-state index contributed by atoms with van der Waals surface area (Å²) < 4.78 is 5.24. The average molecular weight is 288 g/mol. The van der Waals surface area contributed by atoms with Crippen LogP contribution >= 0.6 is 24.8 Å². The van der Waals surface area contributed by atoms with Gasteiger partial charge in [0.15, 0.2) is 0 Å². The molecule has 0 saturated carbocycles. The molecule has 5 nitrogen and oxygen atoms in total. The minimum Gasteiger partial charge on any atom is -0.379 e. The molecule has 1 amide bonds. The highest BCUT2D eigenvalue weighted by molar-refractivity contribution is 5.85. The second-order valence-corrected chi connectivity index (χ2v) is 3.88. The topological polar surface area (TPSA) is 67.6 Å². The third-order valence-electron chi connectivity index (χ3n) is 2.63. The zero-order valence-corrected chi connectivity index (χ0v) is 11.8. The number of carbonyl (C=O) groups excluding carboxylic acids is 1. The predicted octanol–water partition coefficient (Wildman–Crippen LogP) is -0.127. The first-order valence-electron chi connectivity index (χ1n) is 5.52. The lowest BCUT2D eigenvalue weighted by atomic mass is 10.2. The molecule has 1 aliphatic rings. The van der Waals surface area contributed by atoms with Crippen molar-refractivity contribution in [2.75, 3.05) is 45.9 Å². The van der Waals surface area contributed by atoms with Crippen molar-refractivity contribution in [2.24, 2.45) is 11.7 Å². The van der Waals surface area contributed by atoms with Crippen LogP contribution in [0.25, 0.3) is 0 Å². The summed E-state index contributed by atoms with van der Waals surface area (Å²) in [4.78, 5) is 13.7. The molecule has 17 heavy (non-hydrogen) atoms. The highest BCUT2D eigenvalue weighted by Crippen LogP contribution is 1.95. The van der Waals surface area contributed by atoms with Gasteiger partial charge in [0.25, 0.3) is 0 Å². The molecular formula is C10H23Cl2N3O2. The van der Waals surface area contributed by atoms with Crippen LogP contribution in [0.2, 0.25) is 0 Å². The molecule has 1 heterocycles. The minimum absolute atomic E-state index is 0. The van der Waals surface area contributed by atoms with E-state index in [9.17, 15) is 4.79 Å². The van der Waals surface area contributed by atoms with E-state index >= 15 is 0 Å². The van der Waals surface area contributed by atoms with Crippen molar-refractivity contribution in [3.05, 3.63) is 0 Å². The zero-order valence-electron chi connectivity index (χ0n) is 10.2. The lowest BCUT2D eigenvalue weighted by molar-refractivity contribution is -0.124. The van der Waals surface area contributed by atoms with Gasteiger partial charge in [-0.1, -0.05) is 6.92 Å². The molecule has 1 aliphatic heterocycles. The normalized spacial score (nSPS) is 17.5. The van der Waals surface area contributed by atoms with Gasteiger partial charge in [-0.15, -0.1) is 24.8 Å². The Kier molecular flexibility index (Phi) is 12.5. The van der Waals surface area contributed by atoms with Crippen LogP contribution in [0.5, 0.6) is 0 Å². The minimum atomic E-state index is -0.0883. The Morgan fingerprint density at radius 2 is 2.00 bits per heavy atom. The molecule has 0 spiro atoms. The Labute approximate surface area is 115 Å². The Hall–Kier alpha value is -0.0700. The van der Waals surface area contributed by atoms with E-state index in [1.807, 2.05) is 6.92 Å². The van der Waals surface area contributed by atoms with Gasteiger partial charge in [0.2, 0.25) is 5.91 Å². The maximum atomic E-state index is 11.4. The molecule has 0 aromatic heterocycles. The fourth-order valence-corrected chi connectivity index (χ4v) is 1.44. The fraction of sp³-hybridized carbons (Fsp3) is 0.900. The number of hydrogen-bond donors (Lipinski definition) is 2. The van der Waals surface area contributed by atoms with Crippen molar-refractivity contribution in [1.29, 1.82) is 0 Å². The number of morpholine rings is 1. The zero-order chi connectivity index (χ0) is 11.1. The van der Waals surface area contributed by atoms with Crippen LogP contribution in [0.1, 0.15) is 6.92 Å². The Bertz CT molecular complexity index is 202. The van der Waals surface area contributed by atoms with E-state index in [1.54, 1.807) is 0 Å². The van der Waals surface area contributed by atoms with E-state index in [0.717, 1.165) is 32.8 Å². The van der Waals surface area contributed by atoms with Crippen LogP contribution in [0.15, 0.2) is 0 Å². The monoisotopic (exact) mass is 287 g/mol. The van der Waals surface area contributed by atoms with Gasteiger partial charge in [0.05, 0.1) is 13.2 Å². The molecule has 1 atom stereocenters. The van der Waals surface area contributed by atoms with Crippen LogP contribution in [-0.4, -0.2) is 56.7 Å². The largest absolute Gasteiger partial charge is 0.379 e. The van der Waals surface area contributed by atoms with Gasteiger partial charge in [-0.2, -0.15) is 0 Å². The molecule has 1 saturated heterocycles. The van der Waals surface area contributed by atoms with Crippen molar-refractivity contribution in [2.45, 2.75) is 6.92 Å². The molecule has 104 valence electrons. The van der Waals surface area contributed by atoms with Crippen LogP contribution in [0, 0.1) is 5.92 Å². The standard InChI is InChI=1S/C10H21N3O2.2ClH/c1-9(8-11)10(14)12-2-3-13-4-6-15-7-5-13;;/h9H,2-8,11H2,1H3,(H,12,14);2*1H. The number of halogens is 2. The second kappa shape index (κ2) is 11.0. The first-order chi connectivity index (χ1) is 7.24. The van der Waals surface area contributed by atoms with E-state index < -0.39 is 0 Å². The molecule has 0 radical (unpaired) electrons. The van der Waals surface area contributed by atoms with Crippen molar-refractivity contribution < 1.29 is 9.53 Å². The van der Waals surface area contributed by atoms with E-state index in [1.165, 1.54) is 0 Å². The van der Waals surface area contributed by atoms with E-state index in [-0.39, 0.29) is 36.6 Å². The quantitative estimate of drug-likeness (QED) is 0.740. The first kappa shape index (κ1) is 19.3. The van der Waals surface area contributed by atoms with Crippen molar-refractivity contribution in [1.82, 2.24) is 10.2 Å². The Morgan fingerprint density at radius 1 is 1.41 bits per heavy atom. The predicted molar refractivity (Wildman–Crippen MR) is 73.0 cm³/mol. The van der Waals surface area contributed by atoms with Gasteiger partial charge >= 0.3 is 0 Å². The molecular weight excluding hydrogens is 265 g/mol. The fourth-order valence-electron chi connectivity index (χ4n) is 1.44. The molecule has 1 fully saturated rings. The number of nitrogens with one attached hydrogen (secondary N) is 1. The molecule has 1 unspecified atom stereocenters. The maximum Gasteiger partial charge on any atom is 0.224 e. The summed E-state index contributed by atoms with van der Waals surface area (Å²) in [6, 6.07) is 0. The molecule has 7 heteroatoms. The van der Waals surface area contributed by atoms with Gasteiger partial charge in [-0.25, -0.2) is 0 Å². The maximum absolute atomic E-state index is 11.4. The van der Waals surface area contributed by atoms with Gasteiger partial charge in [0, 0.05) is 38.6 Å². The third-order valence-corrected chi connectivity index (χ3v) is 2.63. The van der Waals surface area contributed by atoms with Crippen molar-refractivity contribution in [3.8, 4) is 0 Å². The number of carbonyl (C=O) groups is 1. The summed E-state index contributed by atoms with van der Waals surface area (Å²) in [5, 5.41) is 2.88. The molecule has 1 rings (SSSR count). The van der Waals surface area contributed by atoms with Gasteiger partial charge < -0.3 is 15.8 Å². The second-order valence-electron chi connectivity index (χ2n) is 3.88. The van der Waals surface area contributed by atoms with E-state index in [2.05, 4.69) is 10.2 Å². The first-order valence-corrected chi connectivity index (χ1v) is 5.52. The highest BCUT2D eigenvalue weighted by atomic mass is 35.5. The van der Waals surface area contributed by atoms with Gasteiger partial charge in [-0.05, 0) is 0 Å². The lowest BCUT2D eigenvalue weighted by Crippen LogP contribution is -2.42. The van der Waals surface area contributed by atoms with Crippen molar-refractivity contribution in [3.63, 3.8) is 0 Å². The number of rotatable bonds is 5. The van der Waals surface area contributed by atoms with E-state index in [0.29, 0.717) is 13.1 Å². The van der Waals surface area contributed by atoms with Crippen LogP contribution in [-0.2, 0) is 9.53 Å². The summed E-state index contributed by atoms with van der Waals surface area (Å²) in [6.45, 7) is 7.36. The smallest absolute Gasteiger partial charge is 0.224 e. The SMILES string of the molecule is CC(CN)C(=O)NCCN1CCOCC1.Cl.Cl. The molecule has 0 aliphatic carbocycles. The van der Waals surface area contributed by atoms with Crippen molar-refractivity contribution >= 4 is 30.7 Å². The highest BCUT2D eigenvalue weighted by Gasteiger charge is 2.12. The summed E-state index contributed by atoms with van der Waals surface area (Å²) in [5.74, 6) is -0.0413. The summed E-state index contributed by atoms with van der Waals surface area (Å²) in [5.41, 5.74) is 5.40. The third kappa shape index (κ3) is 7.78. The average Bonchev–Trinajstić information content (AvgIpc) is 2.29. The number of hydrogen-bond acceptors (Lipinski definition) is 4. The molecule has 0 aromatic rings. The lowest BCUT2D eigenvalue weighted by Gasteiger charge is -2.26. The summed E-state index contributed by atoms with van der Waals surface area (Å²) in [6.07, 6.45) is 0. The van der Waals surface area contributed by atoms with Gasteiger partial charge in [0.1, 0.15) is 0 Å². The Balaban J connectivity index is 0. The number of nitrogens with two attached hydrogens (primary N) is 1.